The van der Waals surface area contributed by atoms with Crippen LogP contribution in [0.3, 0.4) is 0 Å². The molecule has 0 saturated heterocycles. The maximum absolute atomic E-state index is 11.9. The van der Waals surface area contributed by atoms with E-state index in [0.717, 1.165) is 19.3 Å². The largest absolute Gasteiger partial charge is 0.391 e. The van der Waals surface area contributed by atoms with Crippen LogP contribution in [0, 0.1) is 0 Å². The van der Waals surface area contributed by atoms with Crippen LogP contribution in [-0.2, 0) is 4.74 Å². The minimum absolute atomic E-state index is 0.0528. The lowest BCUT2D eigenvalue weighted by molar-refractivity contribution is -0.148. The highest BCUT2D eigenvalue weighted by Crippen LogP contribution is 2.20. The fraction of sp³-hybridized carbons (Fsp3) is 1.00. The monoisotopic (exact) mass is 268 g/mol. The van der Waals surface area contributed by atoms with Crippen molar-refractivity contribution < 1.29 is 17.9 Å². The predicted octanol–water partition coefficient (Wildman–Crippen LogP) is 5.48. The molecule has 1 atom stereocenters. The third-order valence-electron chi connectivity index (χ3n) is 3.00. The van der Waals surface area contributed by atoms with Crippen molar-refractivity contribution in [3.63, 3.8) is 0 Å². The first-order chi connectivity index (χ1) is 8.45. The first-order valence-electron chi connectivity index (χ1n) is 7.14. The molecule has 0 aromatic heterocycles. The van der Waals surface area contributed by atoms with Gasteiger partial charge in [-0.25, -0.2) is 0 Å². The van der Waals surface area contributed by atoms with Crippen molar-refractivity contribution in [2.75, 3.05) is 6.61 Å². The van der Waals surface area contributed by atoms with E-state index in [4.69, 9.17) is 4.74 Å². The Morgan fingerprint density at radius 3 is 2.06 bits per heavy atom. The van der Waals surface area contributed by atoms with Gasteiger partial charge in [-0.2, -0.15) is 13.2 Å². The van der Waals surface area contributed by atoms with Crippen LogP contribution in [0.25, 0.3) is 0 Å². The predicted molar refractivity (Wildman–Crippen MR) is 68.7 cm³/mol. The van der Waals surface area contributed by atoms with E-state index in [1.54, 1.807) is 0 Å². The van der Waals surface area contributed by atoms with Gasteiger partial charge < -0.3 is 4.74 Å². The number of rotatable bonds is 11. The zero-order valence-electron chi connectivity index (χ0n) is 11.7. The molecule has 1 unspecified atom stereocenters. The van der Waals surface area contributed by atoms with E-state index < -0.39 is 12.6 Å². The molecule has 0 N–H and O–H groups in total. The zero-order valence-corrected chi connectivity index (χ0v) is 11.7. The van der Waals surface area contributed by atoms with Crippen LogP contribution in [0.5, 0.6) is 0 Å². The van der Waals surface area contributed by atoms with Gasteiger partial charge in [0.05, 0.1) is 19.1 Å². The van der Waals surface area contributed by atoms with Crippen LogP contribution in [0.1, 0.15) is 71.6 Å². The highest BCUT2D eigenvalue weighted by molar-refractivity contribution is 4.54. The number of alkyl halides is 3. The van der Waals surface area contributed by atoms with Crippen LogP contribution in [0.4, 0.5) is 13.2 Å². The van der Waals surface area contributed by atoms with Gasteiger partial charge in [0.1, 0.15) is 0 Å². The number of halogens is 3. The van der Waals surface area contributed by atoms with Crippen molar-refractivity contribution in [2.24, 2.45) is 0 Å². The SMILES string of the molecule is CCCCCCCCCC(C)OCCC(F)(F)F. The van der Waals surface area contributed by atoms with Crippen molar-refractivity contribution in [3.05, 3.63) is 0 Å². The van der Waals surface area contributed by atoms with E-state index in [1.807, 2.05) is 6.92 Å². The van der Waals surface area contributed by atoms with Crippen LogP contribution < -0.4 is 0 Å². The lowest BCUT2D eigenvalue weighted by Crippen LogP contribution is -2.16. The summed E-state index contributed by atoms with van der Waals surface area (Å²) in [5.74, 6) is 0. The number of unbranched alkanes of at least 4 members (excludes halogenated alkanes) is 6. The maximum atomic E-state index is 11.9. The van der Waals surface area contributed by atoms with Gasteiger partial charge in [0.15, 0.2) is 0 Å². The van der Waals surface area contributed by atoms with E-state index >= 15 is 0 Å². The zero-order chi connectivity index (χ0) is 13.9. The van der Waals surface area contributed by atoms with Gasteiger partial charge in [-0.05, 0) is 13.3 Å². The van der Waals surface area contributed by atoms with Gasteiger partial charge in [-0.1, -0.05) is 51.9 Å². The molecule has 0 amide bonds. The van der Waals surface area contributed by atoms with E-state index in [0.29, 0.717) is 0 Å². The van der Waals surface area contributed by atoms with E-state index in [2.05, 4.69) is 6.92 Å². The smallest absolute Gasteiger partial charge is 0.378 e. The molecular weight excluding hydrogens is 241 g/mol. The quantitative estimate of drug-likeness (QED) is 0.450. The molecule has 0 fully saturated rings. The van der Waals surface area contributed by atoms with Crippen LogP contribution in [0.15, 0.2) is 0 Å². The Labute approximate surface area is 109 Å². The fourth-order valence-corrected chi connectivity index (χ4v) is 1.85. The summed E-state index contributed by atoms with van der Waals surface area (Å²) in [7, 11) is 0. The van der Waals surface area contributed by atoms with Gasteiger partial charge in [0.2, 0.25) is 0 Å². The van der Waals surface area contributed by atoms with E-state index in [9.17, 15) is 13.2 Å². The van der Waals surface area contributed by atoms with Gasteiger partial charge >= 0.3 is 6.18 Å². The third-order valence-corrected chi connectivity index (χ3v) is 3.00. The van der Waals surface area contributed by atoms with Gasteiger partial charge in [0.25, 0.3) is 0 Å². The first kappa shape index (κ1) is 17.8. The van der Waals surface area contributed by atoms with E-state index in [-0.39, 0.29) is 12.7 Å². The molecule has 0 bridgehead atoms. The molecule has 0 saturated carbocycles. The summed E-state index contributed by atoms with van der Waals surface area (Å²) < 4.78 is 40.8. The molecule has 0 rings (SSSR count). The lowest BCUT2D eigenvalue weighted by Gasteiger charge is -2.13. The molecule has 0 aliphatic carbocycles. The second-order valence-corrected chi connectivity index (χ2v) is 4.96. The summed E-state index contributed by atoms with van der Waals surface area (Å²) in [6.07, 6.45) is 4.46. The number of hydrogen-bond donors (Lipinski definition) is 0. The van der Waals surface area contributed by atoms with Crippen molar-refractivity contribution >= 4 is 0 Å². The fourth-order valence-electron chi connectivity index (χ4n) is 1.85. The summed E-state index contributed by atoms with van der Waals surface area (Å²) >= 11 is 0. The Morgan fingerprint density at radius 2 is 1.50 bits per heavy atom. The Hall–Kier alpha value is -0.250. The molecule has 0 radical (unpaired) electrons. The molecule has 0 aliphatic heterocycles. The second-order valence-electron chi connectivity index (χ2n) is 4.96. The molecule has 18 heavy (non-hydrogen) atoms. The Bertz CT molecular complexity index is 180. The number of hydrogen-bond acceptors (Lipinski definition) is 1. The topological polar surface area (TPSA) is 9.23 Å². The van der Waals surface area contributed by atoms with Crippen LogP contribution in [0.2, 0.25) is 0 Å². The molecule has 0 aliphatic rings. The molecule has 0 heterocycles. The minimum atomic E-state index is -4.10. The molecule has 110 valence electrons. The van der Waals surface area contributed by atoms with Gasteiger partial charge in [-0.15, -0.1) is 0 Å². The van der Waals surface area contributed by atoms with Gasteiger partial charge in [0, 0.05) is 0 Å². The van der Waals surface area contributed by atoms with Crippen molar-refractivity contribution in [3.8, 4) is 0 Å². The van der Waals surface area contributed by atoms with E-state index in [1.165, 1.54) is 32.1 Å². The molecule has 0 aromatic carbocycles. The summed E-state index contributed by atoms with van der Waals surface area (Å²) in [6.45, 7) is 3.84. The van der Waals surface area contributed by atoms with Crippen LogP contribution >= 0.6 is 0 Å². The third kappa shape index (κ3) is 13.8. The molecule has 1 nitrogen and oxygen atoms in total. The molecule has 4 heteroatoms. The maximum Gasteiger partial charge on any atom is 0.391 e. The normalized spacial score (nSPS) is 13.8. The lowest BCUT2D eigenvalue weighted by atomic mass is 10.1. The molecular formula is C14H27F3O. The van der Waals surface area contributed by atoms with Gasteiger partial charge in [-0.3, -0.25) is 0 Å². The summed E-state index contributed by atoms with van der Waals surface area (Å²) in [6, 6.07) is 0. The second kappa shape index (κ2) is 10.7. The highest BCUT2D eigenvalue weighted by atomic mass is 19.4. The Morgan fingerprint density at radius 1 is 0.944 bits per heavy atom. The average Bonchev–Trinajstić information content (AvgIpc) is 2.26. The van der Waals surface area contributed by atoms with Crippen molar-refractivity contribution in [2.45, 2.75) is 83.9 Å². The highest BCUT2D eigenvalue weighted by Gasteiger charge is 2.26. The number of ether oxygens (including phenoxy) is 1. The Balaban J connectivity index is 3.24. The minimum Gasteiger partial charge on any atom is -0.378 e. The standard InChI is InChI=1S/C14H27F3O/c1-3-4-5-6-7-8-9-10-13(2)18-12-11-14(15,16)17/h13H,3-12H2,1-2H3. The molecule has 0 spiro atoms. The summed E-state index contributed by atoms with van der Waals surface area (Å²) in [4.78, 5) is 0. The average molecular weight is 268 g/mol. The summed E-state index contributed by atoms with van der Waals surface area (Å²) in [5.41, 5.74) is 0. The first-order valence-corrected chi connectivity index (χ1v) is 7.14. The van der Waals surface area contributed by atoms with Crippen molar-refractivity contribution in [1.29, 1.82) is 0 Å². The van der Waals surface area contributed by atoms with Crippen LogP contribution in [-0.4, -0.2) is 18.9 Å². The summed E-state index contributed by atoms with van der Waals surface area (Å²) in [5, 5.41) is 0. The molecule has 0 aromatic rings. The Kier molecular flexibility index (Phi) is 10.5. The van der Waals surface area contributed by atoms with Crippen molar-refractivity contribution in [1.82, 2.24) is 0 Å².